The Morgan fingerprint density at radius 1 is 1.26 bits per heavy atom. The molecule has 1 rings (SSSR count). The molecule has 5 nitrogen and oxygen atoms in total. The molecule has 0 aromatic heterocycles. The highest BCUT2D eigenvalue weighted by molar-refractivity contribution is 5.80. The predicted molar refractivity (Wildman–Crippen MR) is 74.1 cm³/mol. The monoisotopic (exact) mass is 270 g/mol. The maximum Gasteiger partial charge on any atom is 0.323 e. The van der Waals surface area contributed by atoms with Gasteiger partial charge in [-0.25, -0.2) is 4.79 Å². The third-order valence-electron chi connectivity index (χ3n) is 3.55. The number of rotatable bonds is 6. The Balaban J connectivity index is 2.76. The van der Waals surface area contributed by atoms with Gasteiger partial charge >= 0.3 is 12.0 Å². The molecule has 0 atom stereocenters. The van der Waals surface area contributed by atoms with Crippen LogP contribution in [0.25, 0.3) is 0 Å². The van der Waals surface area contributed by atoms with Crippen LogP contribution in [0.3, 0.4) is 0 Å². The summed E-state index contributed by atoms with van der Waals surface area (Å²) in [7, 11) is 0. The average Bonchev–Trinajstić information content (AvgIpc) is 2.85. The summed E-state index contributed by atoms with van der Waals surface area (Å²) in [6, 6.07) is -0.0182. The van der Waals surface area contributed by atoms with Crippen molar-refractivity contribution in [2.45, 2.75) is 52.5 Å². The lowest BCUT2D eigenvalue weighted by Gasteiger charge is -2.33. The van der Waals surface area contributed by atoms with Gasteiger partial charge in [-0.05, 0) is 25.7 Å². The molecule has 2 amide bonds. The van der Waals surface area contributed by atoms with Crippen molar-refractivity contribution in [1.29, 1.82) is 0 Å². The zero-order valence-corrected chi connectivity index (χ0v) is 12.3. The van der Waals surface area contributed by atoms with Crippen LogP contribution in [0.1, 0.15) is 46.5 Å². The molecule has 5 heteroatoms. The van der Waals surface area contributed by atoms with Crippen molar-refractivity contribution >= 4 is 12.0 Å². The molecule has 0 unspecified atom stereocenters. The lowest BCUT2D eigenvalue weighted by Crippen LogP contribution is -2.50. The Kier molecular flexibility index (Phi) is 6.12. The van der Waals surface area contributed by atoms with E-state index in [1.165, 1.54) is 0 Å². The number of amides is 2. The van der Waals surface area contributed by atoms with Gasteiger partial charge in [-0.2, -0.15) is 0 Å². The maximum atomic E-state index is 12.5. The minimum Gasteiger partial charge on any atom is -0.480 e. The lowest BCUT2D eigenvalue weighted by atomic mass is 10.2. The summed E-state index contributed by atoms with van der Waals surface area (Å²) < 4.78 is 0. The molecule has 0 aliphatic heterocycles. The van der Waals surface area contributed by atoms with Crippen LogP contribution in [0.5, 0.6) is 0 Å². The standard InChI is InChI=1S/C14H26N2O3/c1-4-15(9-11(2)3)14(19)16(10-13(17)18)12-7-5-6-8-12/h11-12H,4-10H2,1-3H3,(H,17,18). The molecule has 1 saturated carbocycles. The summed E-state index contributed by atoms with van der Waals surface area (Å²) >= 11 is 0. The summed E-state index contributed by atoms with van der Waals surface area (Å²) in [6.45, 7) is 7.18. The first kappa shape index (κ1) is 15.8. The number of aliphatic carboxylic acids is 1. The SMILES string of the molecule is CCN(CC(C)C)C(=O)N(CC(=O)O)C1CCCC1. The van der Waals surface area contributed by atoms with Crippen LogP contribution in [0.15, 0.2) is 0 Å². The van der Waals surface area contributed by atoms with Crippen molar-refractivity contribution in [2.24, 2.45) is 5.92 Å². The second-order valence-electron chi connectivity index (χ2n) is 5.67. The highest BCUT2D eigenvalue weighted by atomic mass is 16.4. The Labute approximate surface area is 115 Å². The van der Waals surface area contributed by atoms with Crippen LogP contribution >= 0.6 is 0 Å². The second kappa shape index (κ2) is 7.36. The van der Waals surface area contributed by atoms with Crippen LogP contribution in [-0.4, -0.2) is 52.6 Å². The molecule has 0 aromatic rings. The van der Waals surface area contributed by atoms with E-state index in [-0.39, 0.29) is 18.6 Å². The van der Waals surface area contributed by atoms with Crippen LogP contribution in [0.4, 0.5) is 4.79 Å². The molecular formula is C14H26N2O3. The van der Waals surface area contributed by atoms with Gasteiger partial charge in [0.25, 0.3) is 0 Å². The van der Waals surface area contributed by atoms with Crippen molar-refractivity contribution in [3.8, 4) is 0 Å². The third-order valence-corrected chi connectivity index (χ3v) is 3.55. The van der Waals surface area contributed by atoms with Gasteiger partial charge < -0.3 is 14.9 Å². The molecule has 1 aliphatic rings. The van der Waals surface area contributed by atoms with Gasteiger partial charge in [-0.15, -0.1) is 0 Å². The van der Waals surface area contributed by atoms with Crippen LogP contribution < -0.4 is 0 Å². The highest BCUT2D eigenvalue weighted by Crippen LogP contribution is 2.24. The zero-order chi connectivity index (χ0) is 14.4. The van der Waals surface area contributed by atoms with Gasteiger partial charge in [-0.1, -0.05) is 26.7 Å². The largest absolute Gasteiger partial charge is 0.480 e. The molecule has 0 spiro atoms. The quantitative estimate of drug-likeness (QED) is 0.806. The number of urea groups is 1. The molecule has 0 saturated heterocycles. The van der Waals surface area contributed by atoms with Crippen molar-refractivity contribution in [3.05, 3.63) is 0 Å². The van der Waals surface area contributed by atoms with Crippen molar-refractivity contribution in [3.63, 3.8) is 0 Å². The smallest absolute Gasteiger partial charge is 0.323 e. The minimum atomic E-state index is -0.930. The van der Waals surface area contributed by atoms with Gasteiger partial charge in [0.05, 0.1) is 0 Å². The maximum absolute atomic E-state index is 12.5. The lowest BCUT2D eigenvalue weighted by molar-refractivity contribution is -0.138. The number of carbonyl (C=O) groups is 2. The van der Waals surface area contributed by atoms with E-state index >= 15 is 0 Å². The van der Waals surface area contributed by atoms with Gasteiger partial charge in [0.15, 0.2) is 0 Å². The Morgan fingerprint density at radius 3 is 2.26 bits per heavy atom. The second-order valence-corrected chi connectivity index (χ2v) is 5.67. The van der Waals surface area contributed by atoms with Gasteiger partial charge in [0, 0.05) is 19.1 Å². The topological polar surface area (TPSA) is 60.9 Å². The van der Waals surface area contributed by atoms with Gasteiger partial charge in [-0.3, -0.25) is 4.79 Å². The van der Waals surface area contributed by atoms with E-state index in [2.05, 4.69) is 13.8 Å². The van der Waals surface area contributed by atoms with Gasteiger partial charge in [0.1, 0.15) is 6.54 Å². The fourth-order valence-corrected chi connectivity index (χ4v) is 2.68. The molecule has 110 valence electrons. The molecule has 1 fully saturated rings. The summed E-state index contributed by atoms with van der Waals surface area (Å²) in [5.74, 6) is -0.542. The normalized spacial score (nSPS) is 15.8. The molecule has 0 aromatic carbocycles. The fourth-order valence-electron chi connectivity index (χ4n) is 2.68. The molecule has 1 N–H and O–H groups in total. The van der Waals surface area contributed by atoms with E-state index in [1.54, 1.807) is 9.80 Å². The molecule has 19 heavy (non-hydrogen) atoms. The number of nitrogens with zero attached hydrogens (tertiary/aromatic N) is 2. The predicted octanol–water partition coefficient (Wildman–Crippen LogP) is 2.41. The van der Waals surface area contributed by atoms with Crippen molar-refractivity contribution in [1.82, 2.24) is 9.80 Å². The van der Waals surface area contributed by atoms with E-state index in [9.17, 15) is 9.59 Å². The zero-order valence-electron chi connectivity index (χ0n) is 12.3. The average molecular weight is 270 g/mol. The molecule has 0 bridgehead atoms. The van der Waals surface area contributed by atoms with E-state index in [0.717, 1.165) is 25.7 Å². The minimum absolute atomic E-state index is 0.102. The van der Waals surface area contributed by atoms with Crippen molar-refractivity contribution < 1.29 is 14.7 Å². The van der Waals surface area contributed by atoms with Crippen molar-refractivity contribution in [2.75, 3.05) is 19.6 Å². The molecule has 0 radical (unpaired) electrons. The van der Waals surface area contributed by atoms with Crippen LogP contribution in [0, 0.1) is 5.92 Å². The third kappa shape index (κ3) is 4.73. The first-order chi connectivity index (χ1) is 8.95. The number of carboxylic acids is 1. The van der Waals surface area contributed by atoms with E-state index in [4.69, 9.17) is 5.11 Å². The molecular weight excluding hydrogens is 244 g/mol. The Morgan fingerprint density at radius 2 is 1.84 bits per heavy atom. The number of carbonyl (C=O) groups excluding carboxylic acids is 1. The highest BCUT2D eigenvalue weighted by Gasteiger charge is 2.30. The first-order valence-electron chi connectivity index (χ1n) is 7.23. The molecule has 0 heterocycles. The number of carboxylic acid groups (broad SMARTS) is 1. The number of hydrogen-bond acceptors (Lipinski definition) is 2. The number of hydrogen-bond donors (Lipinski definition) is 1. The van der Waals surface area contributed by atoms with Gasteiger partial charge in [0.2, 0.25) is 0 Å². The Bertz CT molecular complexity index is 312. The van der Waals surface area contributed by atoms with Crippen LogP contribution in [-0.2, 0) is 4.79 Å². The molecule has 1 aliphatic carbocycles. The van der Waals surface area contributed by atoms with Crippen LogP contribution in [0.2, 0.25) is 0 Å². The van der Waals surface area contributed by atoms with E-state index in [0.29, 0.717) is 19.0 Å². The summed E-state index contributed by atoms with van der Waals surface area (Å²) in [6.07, 6.45) is 4.03. The van der Waals surface area contributed by atoms with E-state index < -0.39 is 5.97 Å². The van der Waals surface area contributed by atoms with E-state index in [1.807, 2.05) is 6.92 Å². The summed E-state index contributed by atoms with van der Waals surface area (Å²) in [5.41, 5.74) is 0. The summed E-state index contributed by atoms with van der Waals surface area (Å²) in [4.78, 5) is 26.8. The first-order valence-corrected chi connectivity index (χ1v) is 7.23. The Hall–Kier alpha value is -1.26. The fraction of sp³-hybridized carbons (Fsp3) is 0.857. The summed E-state index contributed by atoms with van der Waals surface area (Å²) in [5, 5.41) is 9.02.